The predicted molar refractivity (Wildman–Crippen MR) is 80.9 cm³/mol. The molecular formula is C16H18N4. The zero-order chi connectivity index (χ0) is 13.8. The fraction of sp³-hybridized carbons (Fsp3) is 0.250. The van der Waals surface area contributed by atoms with Crippen molar-refractivity contribution in [2.45, 2.75) is 19.9 Å². The van der Waals surface area contributed by atoms with Crippen molar-refractivity contribution in [2.75, 3.05) is 6.54 Å². The molecule has 3 aromatic rings. The maximum absolute atomic E-state index is 4.59. The van der Waals surface area contributed by atoms with Gasteiger partial charge in [-0.1, -0.05) is 13.0 Å². The minimum absolute atomic E-state index is 0.815. The molecule has 0 unspecified atom stereocenters. The van der Waals surface area contributed by atoms with Gasteiger partial charge in [-0.05, 0) is 43.3 Å². The van der Waals surface area contributed by atoms with Gasteiger partial charge in [0.05, 0.1) is 16.9 Å². The highest BCUT2D eigenvalue weighted by atomic mass is 15.3. The van der Waals surface area contributed by atoms with Crippen molar-refractivity contribution in [3.8, 4) is 5.69 Å². The number of rotatable bonds is 5. The van der Waals surface area contributed by atoms with E-state index in [4.69, 9.17) is 0 Å². The highest BCUT2D eigenvalue weighted by molar-refractivity contribution is 5.80. The van der Waals surface area contributed by atoms with Crippen molar-refractivity contribution < 1.29 is 0 Å². The third-order valence-corrected chi connectivity index (χ3v) is 3.23. The van der Waals surface area contributed by atoms with Gasteiger partial charge in [0.2, 0.25) is 0 Å². The molecule has 0 saturated heterocycles. The number of aromatic nitrogens is 3. The van der Waals surface area contributed by atoms with E-state index in [9.17, 15) is 0 Å². The predicted octanol–water partition coefficient (Wildman–Crippen LogP) is 2.92. The first-order valence-corrected chi connectivity index (χ1v) is 6.97. The van der Waals surface area contributed by atoms with Crippen LogP contribution in [0.5, 0.6) is 0 Å². The highest BCUT2D eigenvalue weighted by Crippen LogP contribution is 2.16. The van der Waals surface area contributed by atoms with Gasteiger partial charge < -0.3 is 5.32 Å². The molecule has 0 atom stereocenters. The summed E-state index contributed by atoms with van der Waals surface area (Å²) in [6.07, 6.45) is 4.95. The first-order chi connectivity index (χ1) is 9.86. The molecule has 2 heterocycles. The molecule has 0 aliphatic carbocycles. The molecule has 0 saturated carbocycles. The van der Waals surface area contributed by atoms with Crippen LogP contribution in [-0.2, 0) is 6.54 Å². The third kappa shape index (κ3) is 2.70. The molecule has 0 aliphatic rings. The lowest BCUT2D eigenvalue weighted by molar-refractivity contribution is 0.656. The van der Waals surface area contributed by atoms with E-state index in [1.807, 2.05) is 35.3 Å². The largest absolute Gasteiger partial charge is 0.311 e. The van der Waals surface area contributed by atoms with Crippen LogP contribution in [0.2, 0.25) is 0 Å². The van der Waals surface area contributed by atoms with Crippen LogP contribution >= 0.6 is 0 Å². The highest BCUT2D eigenvalue weighted by Gasteiger charge is 2.02. The molecule has 0 aliphatic heterocycles. The van der Waals surface area contributed by atoms with Crippen LogP contribution in [0.1, 0.15) is 19.0 Å². The zero-order valence-electron chi connectivity index (χ0n) is 11.6. The molecule has 102 valence electrons. The summed E-state index contributed by atoms with van der Waals surface area (Å²) in [7, 11) is 0. The molecule has 2 aromatic heterocycles. The van der Waals surface area contributed by atoms with Gasteiger partial charge in [-0.25, -0.2) is 4.68 Å². The van der Waals surface area contributed by atoms with Gasteiger partial charge in [0.15, 0.2) is 0 Å². The monoisotopic (exact) mass is 266 g/mol. The molecule has 0 amide bonds. The second-order valence-corrected chi connectivity index (χ2v) is 4.81. The summed E-state index contributed by atoms with van der Waals surface area (Å²) in [5, 5.41) is 9.08. The summed E-state index contributed by atoms with van der Waals surface area (Å²) in [5.74, 6) is 0. The van der Waals surface area contributed by atoms with Crippen LogP contribution < -0.4 is 5.32 Å². The average molecular weight is 266 g/mol. The van der Waals surface area contributed by atoms with Crippen molar-refractivity contribution in [1.82, 2.24) is 20.1 Å². The van der Waals surface area contributed by atoms with Crippen LogP contribution in [-0.4, -0.2) is 21.3 Å². The van der Waals surface area contributed by atoms with Crippen molar-refractivity contribution >= 4 is 10.9 Å². The Morgan fingerprint density at radius 1 is 1.20 bits per heavy atom. The van der Waals surface area contributed by atoms with E-state index < -0.39 is 0 Å². The second-order valence-electron chi connectivity index (χ2n) is 4.81. The molecule has 3 rings (SSSR count). The summed E-state index contributed by atoms with van der Waals surface area (Å²) in [5.41, 5.74) is 3.13. The summed E-state index contributed by atoms with van der Waals surface area (Å²) in [6, 6.07) is 12.3. The van der Waals surface area contributed by atoms with Gasteiger partial charge in [-0.2, -0.15) is 5.10 Å². The number of hydrogen-bond donors (Lipinski definition) is 1. The van der Waals surface area contributed by atoms with Crippen molar-refractivity contribution in [2.24, 2.45) is 0 Å². The number of fused-ring (bicyclic) bond motifs is 1. The van der Waals surface area contributed by atoms with E-state index in [1.165, 1.54) is 0 Å². The fourth-order valence-electron chi connectivity index (χ4n) is 2.20. The van der Waals surface area contributed by atoms with Gasteiger partial charge in [0.1, 0.15) is 0 Å². The van der Waals surface area contributed by atoms with Gasteiger partial charge in [-0.15, -0.1) is 0 Å². The molecule has 0 fully saturated rings. The topological polar surface area (TPSA) is 42.7 Å². The Morgan fingerprint density at radius 3 is 3.05 bits per heavy atom. The number of nitrogens with zero attached hydrogens (tertiary/aromatic N) is 3. The van der Waals surface area contributed by atoms with Crippen LogP contribution in [0.4, 0.5) is 0 Å². The lowest BCUT2D eigenvalue weighted by Gasteiger charge is -2.03. The Morgan fingerprint density at radius 2 is 2.15 bits per heavy atom. The molecule has 0 radical (unpaired) electrons. The molecule has 1 aromatic carbocycles. The molecule has 1 N–H and O–H groups in total. The summed E-state index contributed by atoms with van der Waals surface area (Å²) < 4.78 is 1.91. The Hall–Kier alpha value is -2.20. The number of pyridine rings is 1. The molecule has 4 heteroatoms. The molecule has 4 nitrogen and oxygen atoms in total. The van der Waals surface area contributed by atoms with E-state index in [0.717, 1.165) is 41.8 Å². The summed E-state index contributed by atoms with van der Waals surface area (Å²) in [4.78, 5) is 4.33. The number of hydrogen-bond acceptors (Lipinski definition) is 3. The molecule has 0 bridgehead atoms. The maximum Gasteiger partial charge on any atom is 0.0766 e. The normalized spacial score (nSPS) is 11.1. The molecule has 20 heavy (non-hydrogen) atoms. The average Bonchev–Trinajstić information content (AvgIpc) is 2.96. The summed E-state index contributed by atoms with van der Waals surface area (Å²) >= 11 is 0. The van der Waals surface area contributed by atoms with E-state index >= 15 is 0 Å². The van der Waals surface area contributed by atoms with E-state index in [2.05, 4.69) is 40.5 Å². The van der Waals surface area contributed by atoms with E-state index in [-0.39, 0.29) is 0 Å². The van der Waals surface area contributed by atoms with Crippen LogP contribution in [0.3, 0.4) is 0 Å². The molecule has 0 spiro atoms. The smallest absolute Gasteiger partial charge is 0.0766 e. The van der Waals surface area contributed by atoms with Gasteiger partial charge in [0.25, 0.3) is 0 Å². The fourth-order valence-corrected chi connectivity index (χ4v) is 2.20. The molecular weight excluding hydrogens is 248 g/mol. The van der Waals surface area contributed by atoms with Crippen molar-refractivity contribution in [3.05, 3.63) is 54.5 Å². The Bertz CT molecular complexity index is 702. The Kier molecular flexibility index (Phi) is 3.74. The zero-order valence-corrected chi connectivity index (χ0v) is 11.6. The second kappa shape index (κ2) is 5.84. The standard InChI is InChI=1S/C16H18N4/c1-2-8-17-12-14-7-10-20(19-14)15-5-6-16-13(11-15)4-3-9-18-16/h3-7,9-11,17H,2,8,12H2,1H3. The van der Waals surface area contributed by atoms with Gasteiger partial charge >= 0.3 is 0 Å². The minimum Gasteiger partial charge on any atom is -0.311 e. The van der Waals surface area contributed by atoms with Crippen LogP contribution in [0.15, 0.2) is 48.8 Å². The Labute approximate surface area is 118 Å². The van der Waals surface area contributed by atoms with Crippen LogP contribution in [0, 0.1) is 0 Å². The maximum atomic E-state index is 4.59. The van der Waals surface area contributed by atoms with Gasteiger partial charge in [0, 0.05) is 24.3 Å². The van der Waals surface area contributed by atoms with Crippen molar-refractivity contribution in [3.63, 3.8) is 0 Å². The quantitative estimate of drug-likeness (QED) is 0.722. The van der Waals surface area contributed by atoms with E-state index in [1.54, 1.807) is 0 Å². The first-order valence-electron chi connectivity index (χ1n) is 6.97. The first kappa shape index (κ1) is 12.8. The lowest BCUT2D eigenvalue weighted by atomic mass is 10.2. The number of benzene rings is 1. The van der Waals surface area contributed by atoms with Gasteiger partial charge in [-0.3, -0.25) is 4.98 Å². The van der Waals surface area contributed by atoms with Crippen molar-refractivity contribution in [1.29, 1.82) is 0 Å². The minimum atomic E-state index is 0.815. The third-order valence-electron chi connectivity index (χ3n) is 3.23. The lowest BCUT2D eigenvalue weighted by Crippen LogP contribution is -2.14. The SMILES string of the molecule is CCCNCc1ccn(-c2ccc3ncccc3c2)n1. The summed E-state index contributed by atoms with van der Waals surface area (Å²) in [6.45, 7) is 4.00. The van der Waals surface area contributed by atoms with E-state index in [0.29, 0.717) is 0 Å². The Balaban J connectivity index is 1.83. The van der Waals surface area contributed by atoms with Crippen LogP contribution in [0.25, 0.3) is 16.6 Å². The number of nitrogens with one attached hydrogen (secondary N) is 1.